The minimum atomic E-state index is -2.65. The van der Waals surface area contributed by atoms with E-state index in [1.54, 1.807) is 0 Å². The maximum atomic E-state index is 13.4. The largest absolute Gasteiger partial charge is 0.342 e. The molecule has 0 N–H and O–H groups in total. The number of rotatable bonds is 3. The van der Waals surface area contributed by atoms with Crippen molar-refractivity contribution >= 4 is 11.7 Å². The summed E-state index contributed by atoms with van der Waals surface area (Å²) in [5.41, 5.74) is 0.389. The zero-order valence-electron chi connectivity index (χ0n) is 14.7. The van der Waals surface area contributed by atoms with Crippen LogP contribution >= 0.6 is 0 Å². The van der Waals surface area contributed by atoms with Gasteiger partial charge in [0.05, 0.1) is 5.69 Å². The number of piperidine rings is 1. The molecule has 1 saturated heterocycles. The third-order valence-electron chi connectivity index (χ3n) is 5.63. The number of fused-ring (bicyclic) bond motifs is 1. The van der Waals surface area contributed by atoms with Crippen LogP contribution in [0.1, 0.15) is 68.7 Å². The van der Waals surface area contributed by atoms with Crippen LogP contribution in [0, 0.1) is 5.92 Å². The molecular weight excluding hydrogens is 340 g/mol. The Labute approximate surface area is 150 Å². The molecule has 2 fully saturated rings. The molecule has 26 heavy (non-hydrogen) atoms. The van der Waals surface area contributed by atoms with Gasteiger partial charge in [-0.3, -0.25) is 4.79 Å². The van der Waals surface area contributed by atoms with Crippen molar-refractivity contribution in [1.29, 1.82) is 0 Å². The first kappa shape index (κ1) is 17.3. The monoisotopic (exact) mass is 363 g/mol. The zero-order chi connectivity index (χ0) is 18.1. The van der Waals surface area contributed by atoms with Gasteiger partial charge in [-0.05, 0) is 31.7 Å². The van der Waals surface area contributed by atoms with Gasteiger partial charge < -0.3 is 4.90 Å². The molecule has 1 aliphatic carbocycles. The molecule has 140 valence electrons. The number of amides is 1. The number of halogens is 2. The first-order valence-corrected chi connectivity index (χ1v) is 9.41. The van der Waals surface area contributed by atoms with Crippen molar-refractivity contribution < 1.29 is 13.6 Å². The average molecular weight is 363 g/mol. The summed E-state index contributed by atoms with van der Waals surface area (Å²) < 4.78 is 27.9. The molecule has 6 nitrogen and oxygen atoms in total. The smallest absolute Gasteiger partial charge is 0.280 e. The highest BCUT2D eigenvalue weighted by molar-refractivity contribution is 5.79. The number of hydrogen-bond donors (Lipinski definition) is 0. The molecule has 2 aromatic heterocycles. The van der Waals surface area contributed by atoms with Gasteiger partial charge in [0.15, 0.2) is 0 Å². The number of aromatic nitrogens is 4. The fourth-order valence-corrected chi connectivity index (χ4v) is 4.25. The molecule has 1 atom stereocenters. The molecular formula is C18H23F2N5O. The Morgan fingerprint density at radius 3 is 2.73 bits per heavy atom. The molecule has 1 amide bonds. The number of alkyl halides is 2. The lowest BCUT2D eigenvalue weighted by Crippen LogP contribution is -2.43. The summed E-state index contributed by atoms with van der Waals surface area (Å²) >= 11 is 0. The summed E-state index contributed by atoms with van der Waals surface area (Å²) in [4.78, 5) is 23.2. The highest BCUT2D eigenvalue weighted by Crippen LogP contribution is 2.31. The maximum Gasteiger partial charge on any atom is 0.280 e. The lowest BCUT2D eigenvalue weighted by Gasteiger charge is -2.35. The lowest BCUT2D eigenvalue weighted by molar-refractivity contribution is -0.137. The summed E-state index contributed by atoms with van der Waals surface area (Å²) in [6.45, 7) is 1.30. The fourth-order valence-electron chi connectivity index (χ4n) is 4.25. The molecule has 1 aliphatic heterocycles. The molecule has 0 aromatic carbocycles. The first-order chi connectivity index (χ1) is 12.6. The van der Waals surface area contributed by atoms with E-state index in [0.717, 1.165) is 49.6 Å². The fraction of sp³-hybridized carbons (Fsp3) is 0.667. The van der Waals surface area contributed by atoms with Crippen molar-refractivity contribution in [3.8, 4) is 0 Å². The number of carbonyl (C=O) groups is 1. The summed E-state index contributed by atoms with van der Waals surface area (Å²) in [6.07, 6.45) is 5.69. The van der Waals surface area contributed by atoms with Gasteiger partial charge in [0, 0.05) is 24.9 Å². The Bertz CT molecular complexity index is 787. The molecule has 0 spiro atoms. The van der Waals surface area contributed by atoms with Crippen LogP contribution in [0.5, 0.6) is 0 Å². The highest BCUT2D eigenvalue weighted by atomic mass is 19.3. The lowest BCUT2D eigenvalue weighted by atomic mass is 9.86. The van der Waals surface area contributed by atoms with E-state index in [1.807, 2.05) is 4.90 Å². The van der Waals surface area contributed by atoms with Gasteiger partial charge in [0.1, 0.15) is 12.0 Å². The van der Waals surface area contributed by atoms with Gasteiger partial charge in [-0.15, -0.1) is 0 Å². The molecule has 2 aliphatic rings. The number of hydrogen-bond acceptors (Lipinski definition) is 4. The number of carbonyl (C=O) groups excluding carboxylic acids is 1. The van der Waals surface area contributed by atoms with Crippen molar-refractivity contribution in [3.05, 3.63) is 23.8 Å². The molecule has 1 saturated carbocycles. The van der Waals surface area contributed by atoms with Crippen LogP contribution in [0.15, 0.2) is 12.4 Å². The van der Waals surface area contributed by atoms with Gasteiger partial charge in [0.2, 0.25) is 5.91 Å². The Morgan fingerprint density at radius 1 is 1.15 bits per heavy atom. The number of nitrogens with zero attached hydrogens (tertiary/aromatic N) is 5. The predicted molar refractivity (Wildman–Crippen MR) is 90.9 cm³/mol. The van der Waals surface area contributed by atoms with Crippen LogP contribution in [0.2, 0.25) is 0 Å². The molecule has 0 radical (unpaired) electrons. The predicted octanol–water partition coefficient (Wildman–Crippen LogP) is 3.35. The zero-order valence-corrected chi connectivity index (χ0v) is 14.7. The standard InChI is InChI=1S/C18H23F2N5O/c19-16(20)15-9-14(23-18-21-11-22-25(15)18)13-7-4-8-24(10-13)17(26)12-5-2-1-3-6-12/h9,11-13,16H,1-8,10H2/t13-/m0/s1. The van der Waals surface area contributed by atoms with Gasteiger partial charge >= 0.3 is 0 Å². The van der Waals surface area contributed by atoms with E-state index < -0.39 is 6.43 Å². The van der Waals surface area contributed by atoms with E-state index >= 15 is 0 Å². The van der Waals surface area contributed by atoms with Crippen LogP contribution in [0.25, 0.3) is 5.78 Å². The Hall–Kier alpha value is -2.12. The Morgan fingerprint density at radius 2 is 1.96 bits per heavy atom. The molecule has 4 rings (SSSR count). The van der Waals surface area contributed by atoms with Crippen molar-refractivity contribution in [1.82, 2.24) is 24.5 Å². The summed E-state index contributed by atoms with van der Waals surface area (Å²) in [5, 5.41) is 3.83. The summed E-state index contributed by atoms with van der Waals surface area (Å²) in [5.74, 6) is 0.516. The van der Waals surface area contributed by atoms with Crippen LogP contribution in [-0.2, 0) is 4.79 Å². The molecule has 2 aromatic rings. The third-order valence-corrected chi connectivity index (χ3v) is 5.63. The Kier molecular flexibility index (Phi) is 4.82. The molecule has 0 unspecified atom stereocenters. The van der Waals surface area contributed by atoms with Crippen LogP contribution in [0.4, 0.5) is 8.78 Å². The summed E-state index contributed by atoms with van der Waals surface area (Å²) in [6, 6.07) is 1.42. The summed E-state index contributed by atoms with van der Waals surface area (Å²) in [7, 11) is 0. The van der Waals surface area contributed by atoms with Gasteiger partial charge in [0.25, 0.3) is 12.2 Å². The maximum absolute atomic E-state index is 13.4. The van der Waals surface area contributed by atoms with E-state index in [-0.39, 0.29) is 29.2 Å². The highest BCUT2D eigenvalue weighted by Gasteiger charge is 2.31. The molecule has 0 bridgehead atoms. The Balaban J connectivity index is 1.56. The van der Waals surface area contributed by atoms with Crippen molar-refractivity contribution in [2.75, 3.05) is 13.1 Å². The van der Waals surface area contributed by atoms with E-state index in [9.17, 15) is 13.6 Å². The van der Waals surface area contributed by atoms with E-state index in [1.165, 1.54) is 18.8 Å². The van der Waals surface area contributed by atoms with Gasteiger partial charge in [-0.25, -0.2) is 13.8 Å². The minimum absolute atomic E-state index is 0.0320. The third kappa shape index (κ3) is 3.29. The van der Waals surface area contributed by atoms with Crippen LogP contribution < -0.4 is 0 Å². The quantitative estimate of drug-likeness (QED) is 0.839. The second-order valence-corrected chi connectivity index (χ2v) is 7.34. The molecule has 8 heteroatoms. The normalized spacial score (nSPS) is 22.3. The van der Waals surface area contributed by atoms with Gasteiger partial charge in [-0.1, -0.05) is 19.3 Å². The second kappa shape index (κ2) is 7.25. The van der Waals surface area contributed by atoms with E-state index in [4.69, 9.17) is 0 Å². The van der Waals surface area contributed by atoms with Crippen LogP contribution in [0.3, 0.4) is 0 Å². The number of likely N-dealkylation sites (tertiary alicyclic amines) is 1. The van der Waals surface area contributed by atoms with Crippen molar-refractivity contribution in [3.63, 3.8) is 0 Å². The molecule has 3 heterocycles. The topological polar surface area (TPSA) is 63.4 Å². The second-order valence-electron chi connectivity index (χ2n) is 7.34. The van der Waals surface area contributed by atoms with Crippen LogP contribution in [-0.4, -0.2) is 43.5 Å². The van der Waals surface area contributed by atoms with E-state index in [0.29, 0.717) is 12.2 Å². The first-order valence-electron chi connectivity index (χ1n) is 9.41. The van der Waals surface area contributed by atoms with Gasteiger partial charge in [-0.2, -0.15) is 14.6 Å². The average Bonchev–Trinajstić information content (AvgIpc) is 3.16. The minimum Gasteiger partial charge on any atom is -0.342 e. The van der Waals surface area contributed by atoms with E-state index in [2.05, 4.69) is 15.1 Å². The van der Waals surface area contributed by atoms with Crippen molar-refractivity contribution in [2.45, 2.75) is 57.3 Å². The van der Waals surface area contributed by atoms with Crippen molar-refractivity contribution in [2.24, 2.45) is 5.92 Å². The SMILES string of the molecule is O=C(C1CCCCC1)N1CCC[C@H](c2cc(C(F)F)n3ncnc3n2)C1.